The molecule has 1 aliphatic carbocycles. The highest BCUT2D eigenvalue weighted by Crippen LogP contribution is 2.36. The lowest BCUT2D eigenvalue weighted by Gasteiger charge is -2.41. The molecular formula is C14H24BrNO3. The predicted octanol–water partition coefficient (Wildman–Crippen LogP) is 3.33. The fourth-order valence-corrected chi connectivity index (χ4v) is 2.94. The van der Waals surface area contributed by atoms with Crippen LogP contribution < -0.4 is 0 Å². The Morgan fingerprint density at radius 2 is 1.89 bits per heavy atom. The zero-order valence-corrected chi connectivity index (χ0v) is 13.7. The molecule has 0 radical (unpaired) electrons. The fraction of sp³-hybridized carbons (Fsp3) is 0.929. The Bertz CT molecular complexity index is 328. The zero-order valence-electron chi connectivity index (χ0n) is 12.1. The van der Waals surface area contributed by atoms with E-state index >= 15 is 0 Å². The Hall–Kier alpha value is -0.290. The molecule has 2 rings (SSSR count). The summed E-state index contributed by atoms with van der Waals surface area (Å²) < 4.78 is 11.5. The van der Waals surface area contributed by atoms with E-state index in [1.54, 1.807) is 4.90 Å². The molecule has 1 saturated carbocycles. The second-order valence-electron chi connectivity index (χ2n) is 6.60. The van der Waals surface area contributed by atoms with Crippen LogP contribution in [0.3, 0.4) is 0 Å². The molecule has 19 heavy (non-hydrogen) atoms. The first-order valence-electron chi connectivity index (χ1n) is 7.05. The maximum absolute atomic E-state index is 12.0. The summed E-state index contributed by atoms with van der Waals surface area (Å²) in [5, 5.41) is 0.846. The van der Waals surface area contributed by atoms with Crippen LogP contribution in [-0.4, -0.2) is 46.7 Å². The highest BCUT2D eigenvalue weighted by Gasteiger charge is 2.41. The monoisotopic (exact) mass is 333 g/mol. The number of amides is 1. The standard InChI is InChI=1S/C14H24BrNO3/c1-13(2,3)19-12(17)16-8-6-14(10-15,7-9-16)18-11-4-5-11/h11H,4-10H2,1-3H3. The maximum Gasteiger partial charge on any atom is 0.410 e. The summed E-state index contributed by atoms with van der Waals surface area (Å²) in [5.74, 6) is 0. The van der Waals surface area contributed by atoms with Crippen molar-refractivity contribution in [2.75, 3.05) is 18.4 Å². The second kappa shape index (κ2) is 5.60. The zero-order chi connectivity index (χ0) is 14.1. The van der Waals surface area contributed by atoms with E-state index in [4.69, 9.17) is 9.47 Å². The van der Waals surface area contributed by atoms with Gasteiger partial charge in [-0.25, -0.2) is 4.79 Å². The lowest BCUT2D eigenvalue weighted by atomic mass is 9.93. The summed E-state index contributed by atoms with van der Waals surface area (Å²) in [5.41, 5.74) is -0.509. The van der Waals surface area contributed by atoms with Gasteiger partial charge in [0.1, 0.15) is 5.60 Å². The minimum Gasteiger partial charge on any atom is -0.444 e. The van der Waals surface area contributed by atoms with E-state index in [0.29, 0.717) is 19.2 Å². The number of likely N-dealkylation sites (tertiary alicyclic amines) is 1. The van der Waals surface area contributed by atoms with Crippen molar-refractivity contribution in [2.24, 2.45) is 0 Å². The summed E-state index contributed by atoms with van der Waals surface area (Å²) in [6, 6.07) is 0. The normalized spacial score (nSPS) is 23.3. The number of carbonyl (C=O) groups is 1. The lowest BCUT2D eigenvalue weighted by Crippen LogP contribution is -2.50. The van der Waals surface area contributed by atoms with Crippen molar-refractivity contribution in [3.63, 3.8) is 0 Å². The molecule has 0 unspecified atom stereocenters. The molecule has 0 bridgehead atoms. The van der Waals surface area contributed by atoms with Gasteiger partial charge in [-0.3, -0.25) is 0 Å². The van der Waals surface area contributed by atoms with Crippen molar-refractivity contribution >= 4 is 22.0 Å². The van der Waals surface area contributed by atoms with Gasteiger partial charge in [0.2, 0.25) is 0 Å². The van der Waals surface area contributed by atoms with Gasteiger partial charge in [0.15, 0.2) is 0 Å². The Morgan fingerprint density at radius 3 is 2.32 bits per heavy atom. The van der Waals surface area contributed by atoms with Gasteiger partial charge in [-0.1, -0.05) is 15.9 Å². The van der Waals surface area contributed by atoms with Crippen LogP contribution in [0, 0.1) is 0 Å². The Morgan fingerprint density at radius 1 is 1.32 bits per heavy atom. The third-order valence-corrected chi connectivity index (χ3v) is 4.53. The summed E-state index contributed by atoms with van der Waals surface area (Å²) in [6.45, 7) is 7.12. The second-order valence-corrected chi connectivity index (χ2v) is 7.16. The molecule has 1 aliphatic heterocycles. The number of halogens is 1. The molecule has 1 amide bonds. The number of ether oxygens (including phenoxy) is 2. The van der Waals surface area contributed by atoms with E-state index in [-0.39, 0.29) is 11.7 Å². The van der Waals surface area contributed by atoms with Gasteiger partial charge in [-0.2, -0.15) is 0 Å². The molecule has 5 heteroatoms. The highest BCUT2D eigenvalue weighted by atomic mass is 79.9. The van der Waals surface area contributed by atoms with Gasteiger partial charge in [-0.05, 0) is 46.5 Å². The quantitative estimate of drug-likeness (QED) is 0.743. The summed E-state index contributed by atoms with van der Waals surface area (Å²) in [6.07, 6.45) is 4.38. The largest absolute Gasteiger partial charge is 0.444 e. The minimum absolute atomic E-state index is 0.0837. The average Bonchev–Trinajstić information content (AvgIpc) is 3.11. The van der Waals surface area contributed by atoms with Gasteiger partial charge in [0.05, 0.1) is 11.7 Å². The molecule has 0 aromatic carbocycles. The molecule has 4 nitrogen and oxygen atoms in total. The number of hydrogen-bond acceptors (Lipinski definition) is 3. The molecular weight excluding hydrogens is 310 g/mol. The number of carbonyl (C=O) groups excluding carboxylic acids is 1. The summed E-state index contributed by atoms with van der Waals surface area (Å²) in [4.78, 5) is 13.8. The van der Waals surface area contributed by atoms with Crippen LogP contribution in [0.2, 0.25) is 0 Å². The Balaban J connectivity index is 1.85. The van der Waals surface area contributed by atoms with Crippen LogP contribution in [0.15, 0.2) is 0 Å². The molecule has 0 aromatic heterocycles. The fourth-order valence-electron chi connectivity index (χ4n) is 2.25. The van der Waals surface area contributed by atoms with Crippen LogP contribution in [0.4, 0.5) is 4.79 Å². The van der Waals surface area contributed by atoms with E-state index < -0.39 is 5.60 Å². The number of piperidine rings is 1. The topological polar surface area (TPSA) is 38.8 Å². The Labute approximate surface area is 123 Å². The van der Waals surface area contributed by atoms with Gasteiger partial charge >= 0.3 is 6.09 Å². The number of nitrogens with zero attached hydrogens (tertiary/aromatic N) is 1. The third kappa shape index (κ3) is 4.35. The van der Waals surface area contributed by atoms with Crippen molar-refractivity contribution < 1.29 is 14.3 Å². The van der Waals surface area contributed by atoms with Gasteiger partial charge < -0.3 is 14.4 Å². The Kier molecular flexibility index (Phi) is 4.45. The number of rotatable bonds is 3. The first-order chi connectivity index (χ1) is 8.84. The van der Waals surface area contributed by atoms with Crippen LogP contribution in [0.5, 0.6) is 0 Å². The number of alkyl halides is 1. The summed E-state index contributed by atoms with van der Waals surface area (Å²) in [7, 11) is 0. The van der Waals surface area contributed by atoms with Crippen molar-refractivity contribution in [3.8, 4) is 0 Å². The smallest absolute Gasteiger partial charge is 0.410 e. The van der Waals surface area contributed by atoms with Crippen molar-refractivity contribution in [1.29, 1.82) is 0 Å². The van der Waals surface area contributed by atoms with Crippen LogP contribution in [0.25, 0.3) is 0 Å². The van der Waals surface area contributed by atoms with E-state index in [2.05, 4.69) is 15.9 Å². The van der Waals surface area contributed by atoms with E-state index in [1.165, 1.54) is 12.8 Å². The molecule has 0 N–H and O–H groups in total. The molecule has 110 valence electrons. The predicted molar refractivity (Wildman–Crippen MR) is 77.7 cm³/mol. The molecule has 1 saturated heterocycles. The molecule has 0 atom stereocenters. The van der Waals surface area contributed by atoms with Crippen molar-refractivity contribution in [3.05, 3.63) is 0 Å². The minimum atomic E-state index is -0.425. The molecule has 0 spiro atoms. The first kappa shape index (κ1) is 15.1. The molecule has 2 fully saturated rings. The average molecular weight is 334 g/mol. The third-order valence-electron chi connectivity index (χ3n) is 3.51. The van der Waals surface area contributed by atoms with E-state index in [0.717, 1.165) is 18.2 Å². The highest BCUT2D eigenvalue weighted by molar-refractivity contribution is 9.09. The van der Waals surface area contributed by atoms with Gasteiger partial charge in [0, 0.05) is 18.4 Å². The number of hydrogen-bond donors (Lipinski definition) is 0. The first-order valence-corrected chi connectivity index (χ1v) is 8.17. The van der Waals surface area contributed by atoms with Gasteiger partial charge in [-0.15, -0.1) is 0 Å². The van der Waals surface area contributed by atoms with E-state index in [1.807, 2.05) is 20.8 Å². The van der Waals surface area contributed by atoms with Crippen molar-refractivity contribution in [2.45, 2.75) is 63.8 Å². The van der Waals surface area contributed by atoms with Crippen LogP contribution in [-0.2, 0) is 9.47 Å². The maximum atomic E-state index is 12.0. The van der Waals surface area contributed by atoms with Crippen LogP contribution in [0.1, 0.15) is 46.5 Å². The van der Waals surface area contributed by atoms with E-state index in [9.17, 15) is 4.79 Å². The van der Waals surface area contributed by atoms with Gasteiger partial charge in [0.25, 0.3) is 0 Å². The molecule has 2 aliphatic rings. The lowest BCUT2D eigenvalue weighted by molar-refractivity contribution is -0.0770. The summed E-state index contributed by atoms with van der Waals surface area (Å²) >= 11 is 3.57. The van der Waals surface area contributed by atoms with Crippen molar-refractivity contribution in [1.82, 2.24) is 4.90 Å². The molecule has 1 heterocycles. The molecule has 0 aromatic rings. The van der Waals surface area contributed by atoms with Crippen LogP contribution >= 0.6 is 15.9 Å². The SMILES string of the molecule is CC(C)(C)OC(=O)N1CCC(CBr)(OC2CC2)CC1.